The maximum Gasteiger partial charge on any atom is 0.227 e. The molecule has 1 aliphatic rings. The van der Waals surface area contributed by atoms with Crippen molar-refractivity contribution >= 4 is 28.8 Å². The topological polar surface area (TPSA) is 20.3 Å². The van der Waals surface area contributed by atoms with Crippen molar-refractivity contribution in [3.05, 3.63) is 22.4 Å². The van der Waals surface area contributed by atoms with Gasteiger partial charge in [0.1, 0.15) is 0 Å². The van der Waals surface area contributed by atoms with Crippen molar-refractivity contribution in [1.29, 1.82) is 0 Å². The molecule has 0 spiro atoms. The zero-order valence-electron chi connectivity index (χ0n) is 10.1. The van der Waals surface area contributed by atoms with Gasteiger partial charge in [0.15, 0.2) is 0 Å². The summed E-state index contributed by atoms with van der Waals surface area (Å²) in [6.07, 6.45) is 4.96. The number of rotatable bonds is 3. The summed E-state index contributed by atoms with van der Waals surface area (Å²) in [6, 6.07) is 4.21. The highest BCUT2D eigenvalue weighted by molar-refractivity contribution is 7.10. The van der Waals surface area contributed by atoms with Crippen molar-refractivity contribution in [2.24, 2.45) is 0 Å². The van der Waals surface area contributed by atoms with E-state index in [-0.39, 0.29) is 17.3 Å². The van der Waals surface area contributed by atoms with Gasteiger partial charge in [-0.05, 0) is 24.3 Å². The van der Waals surface area contributed by atoms with Gasteiger partial charge in [0, 0.05) is 18.0 Å². The van der Waals surface area contributed by atoms with E-state index < -0.39 is 0 Å². The smallest absolute Gasteiger partial charge is 0.227 e. The minimum atomic E-state index is 0.126. The van der Waals surface area contributed by atoms with E-state index in [0.29, 0.717) is 6.42 Å². The van der Waals surface area contributed by atoms with E-state index in [1.54, 1.807) is 11.3 Å². The van der Waals surface area contributed by atoms with E-state index in [0.717, 1.165) is 17.7 Å². The van der Waals surface area contributed by atoms with Gasteiger partial charge in [0.05, 0.1) is 11.8 Å². The maximum absolute atomic E-state index is 12.1. The van der Waals surface area contributed by atoms with Crippen LogP contribution < -0.4 is 0 Å². The van der Waals surface area contributed by atoms with Gasteiger partial charge in [-0.15, -0.1) is 22.9 Å². The quantitative estimate of drug-likeness (QED) is 0.773. The molecule has 17 heavy (non-hydrogen) atoms. The second kappa shape index (κ2) is 5.87. The van der Waals surface area contributed by atoms with Gasteiger partial charge in [-0.1, -0.05) is 18.9 Å². The summed E-state index contributed by atoms with van der Waals surface area (Å²) in [5.41, 5.74) is 0. The Morgan fingerprint density at radius 2 is 2.29 bits per heavy atom. The van der Waals surface area contributed by atoms with Crippen LogP contribution >= 0.6 is 22.9 Å². The monoisotopic (exact) mass is 271 g/mol. The Balaban J connectivity index is 1.94. The number of carbonyl (C=O) groups excluding carboxylic acids is 1. The first-order valence-corrected chi connectivity index (χ1v) is 7.42. The van der Waals surface area contributed by atoms with Crippen molar-refractivity contribution in [3.8, 4) is 0 Å². The molecule has 0 saturated heterocycles. The third kappa shape index (κ3) is 3.23. The molecule has 0 aliphatic heterocycles. The average molecular weight is 272 g/mol. The fourth-order valence-electron chi connectivity index (χ4n) is 2.37. The minimum Gasteiger partial charge on any atom is -0.341 e. The number of carbonyl (C=O) groups is 1. The Hall–Kier alpha value is -0.540. The normalized spacial score (nSPS) is 24.6. The third-order valence-electron chi connectivity index (χ3n) is 3.44. The zero-order valence-corrected chi connectivity index (χ0v) is 11.6. The van der Waals surface area contributed by atoms with E-state index in [4.69, 9.17) is 11.6 Å². The summed E-state index contributed by atoms with van der Waals surface area (Å²) >= 11 is 7.95. The fourth-order valence-corrected chi connectivity index (χ4v) is 3.52. The predicted molar refractivity (Wildman–Crippen MR) is 72.7 cm³/mol. The molecule has 1 heterocycles. The van der Waals surface area contributed by atoms with Crippen LogP contribution in [0, 0.1) is 0 Å². The largest absolute Gasteiger partial charge is 0.341 e. The molecule has 2 nitrogen and oxygen atoms in total. The summed E-state index contributed by atoms with van der Waals surface area (Å²) in [7, 11) is 1.89. The predicted octanol–water partition coefficient (Wildman–Crippen LogP) is 3.30. The molecule has 0 bridgehead atoms. The van der Waals surface area contributed by atoms with Crippen LogP contribution in [0.3, 0.4) is 0 Å². The number of likely N-dealkylation sites (N-methyl/N-ethyl adjacent to an activating group) is 1. The lowest BCUT2D eigenvalue weighted by atomic mass is 9.93. The summed E-state index contributed by atoms with van der Waals surface area (Å²) in [5, 5.41) is 2.13. The molecular formula is C13H18ClNOS. The van der Waals surface area contributed by atoms with Crippen LogP contribution in [0.25, 0.3) is 0 Å². The van der Waals surface area contributed by atoms with E-state index in [9.17, 15) is 4.79 Å². The lowest BCUT2D eigenvalue weighted by molar-refractivity contribution is -0.131. The van der Waals surface area contributed by atoms with Crippen LogP contribution in [0.1, 0.15) is 30.6 Å². The van der Waals surface area contributed by atoms with Crippen LogP contribution in [0.15, 0.2) is 17.5 Å². The first-order chi connectivity index (χ1) is 8.18. The molecule has 1 aromatic heterocycles. The van der Waals surface area contributed by atoms with Gasteiger partial charge in [-0.3, -0.25) is 4.79 Å². The van der Waals surface area contributed by atoms with Crippen molar-refractivity contribution < 1.29 is 4.79 Å². The number of hydrogen-bond acceptors (Lipinski definition) is 2. The van der Waals surface area contributed by atoms with Gasteiger partial charge in [-0.25, -0.2) is 0 Å². The molecule has 2 atom stereocenters. The average Bonchev–Trinajstić information content (AvgIpc) is 2.81. The molecule has 2 rings (SSSR count). The van der Waals surface area contributed by atoms with E-state index in [2.05, 4.69) is 0 Å². The molecular weight excluding hydrogens is 254 g/mol. The van der Waals surface area contributed by atoms with E-state index in [1.807, 2.05) is 29.5 Å². The standard InChI is InChI=1S/C13H18ClNOS/c1-15(12-7-3-2-6-11(12)14)13(16)9-10-5-4-8-17-10/h4-5,8,11-12H,2-3,6-7,9H2,1H3. The molecule has 94 valence electrons. The van der Waals surface area contributed by atoms with Gasteiger partial charge in [-0.2, -0.15) is 0 Å². The summed E-state index contributed by atoms with van der Waals surface area (Å²) < 4.78 is 0. The number of amides is 1. The number of halogens is 1. The second-order valence-corrected chi connectivity index (χ2v) is 6.22. The van der Waals surface area contributed by atoms with Gasteiger partial charge in [0.2, 0.25) is 5.91 Å². The Kier molecular flexibility index (Phi) is 4.46. The molecule has 1 fully saturated rings. The Bertz CT molecular complexity index is 366. The van der Waals surface area contributed by atoms with Crippen molar-refractivity contribution in [2.75, 3.05) is 7.05 Å². The molecule has 0 N–H and O–H groups in total. The lowest BCUT2D eigenvalue weighted by Gasteiger charge is -2.34. The minimum absolute atomic E-state index is 0.126. The Labute approximate surface area is 112 Å². The number of alkyl halides is 1. The van der Waals surface area contributed by atoms with Gasteiger partial charge in [0.25, 0.3) is 0 Å². The Morgan fingerprint density at radius 3 is 2.94 bits per heavy atom. The zero-order chi connectivity index (χ0) is 12.3. The third-order valence-corrected chi connectivity index (χ3v) is 4.83. The van der Waals surface area contributed by atoms with Crippen molar-refractivity contribution in [3.63, 3.8) is 0 Å². The van der Waals surface area contributed by atoms with Crippen LogP contribution in [0.5, 0.6) is 0 Å². The first kappa shape index (κ1) is 12.9. The van der Waals surface area contributed by atoms with Gasteiger partial charge < -0.3 is 4.90 Å². The van der Waals surface area contributed by atoms with Gasteiger partial charge >= 0.3 is 0 Å². The molecule has 4 heteroatoms. The number of nitrogens with zero attached hydrogens (tertiary/aromatic N) is 1. The molecule has 0 radical (unpaired) electrons. The van der Waals surface area contributed by atoms with Crippen LogP contribution in [0.4, 0.5) is 0 Å². The molecule has 1 aromatic rings. The number of thiophene rings is 1. The Morgan fingerprint density at radius 1 is 1.53 bits per heavy atom. The van der Waals surface area contributed by atoms with Crippen LogP contribution in [-0.4, -0.2) is 29.3 Å². The second-order valence-electron chi connectivity index (χ2n) is 4.63. The molecule has 1 amide bonds. The fraction of sp³-hybridized carbons (Fsp3) is 0.615. The SMILES string of the molecule is CN(C(=O)Cc1cccs1)C1CCCCC1Cl. The molecule has 1 aliphatic carbocycles. The van der Waals surface area contributed by atoms with E-state index in [1.165, 1.54) is 12.8 Å². The number of hydrogen-bond donors (Lipinski definition) is 0. The summed E-state index contributed by atoms with van der Waals surface area (Å²) in [6.45, 7) is 0. The first-order valence-electron chi connectivity index (χ1n) is 6.10. The van der Waals surface area contributed by atoms with E-state index >= 15 is 0 Å². The highest BCUT2D eigenvalue weighted by Gasteiger charge is 2.29. The van der Waals surface area contributed by atoms with Crippen molar-refractivity contribution in [2.45, 2.75) is 43.5 Å². The summed E-state index contributed by atoms with van der Waals surface area (Å²) in [5.74, 6) is 0.185. The highest BCUT2D eigenvalue weighted by Crippen LogP contribution is 2.27. The maximum atomic E-state index is 12.1. The van der Waals surface area contributed by atoms with Crippen molar-refractivity contribution in [1.82, 2.24) is 4.90 Å². The molecule has 0 aromatic carbocycles. The summed E-state index contributed by atoms with van der Waals surface area (Å²) in [4.78, 5) is 15.1. The molecule has 1 saturated carbocycles. The molecule has 2 unspecified atom stereocenters. The highest BCUT2D eigenvalue weighted by atomic mass is 35.5. The van der Waals surface area contributed by atoms with Crippen LogP contribution in [-0.2, 0) is 11.2 Å². The van der Waals surface area contributed by atoms with Crippen LogP contribution in [0.2, 0.25) is 0 Å². The lowest BCUT2D eigenvalue weighted by Crippen LogP contribution is -2.44.